The van der Waals surface area contributed by atoms with Gasteiger partial charge < -0.3 is 15.3 Å². The van der Waals surface area contributed by atoms with Crippen LogP contribution in [0.1, 0.15) is 17.9 Å². The Kier molecular flexibility index (Phi) is 3.15. The minimum Gasteiger partial charge on any atom is -0.481 e. The van der Waals surface area contributed by atoms with Gasteiger partial charge in [-0.15, -0.1) is 0 Å². The fourth-order valence-corrected chi connectivity index (χ4v) is 3.87. The van der Waals surface area contributed by atoms with Gasteiger partial charge in [0.1, 0.15) is 0 Å². The molecule has 4 nitrogen and oxygen atoms in total. The van der Waals surface area contributed by atoms with Crippen LogP contribution >= 0.6 is 11.6 Å². The summed E-state index contributed by atoms with van der Waals surface area (Å²) in [5.74, 6) is -1.12. The van der Waals surface area contributed by atoms with Gasteiger partial charge in [-0.1, -0.05) is 23.7 Å². The molecule has 0 radical (unpaired) electrons. The molecule has 1 fully saturated rings. The Labute approximate surface area is 117 Å². The van der Waals surface area contributed by atoms with Crippen LogP contribution < -0.4 is 10.2 Å². The van der Waals surface area contributed by atoms with Crippen LogP contribution in [0, 0.1) is 5.92 Å². The number of nitrogens with one attached hydrogen (secondary N) is 1. The molecule has 2 aliphatic heterocycles. The zero-order valence-corrected chi connectivity index (χ0v) is 11.5. The molecule has 5 heteroatoms. The van der Waals surface area contributed by atoms with Gasteiger partial charge in [-0.2, -0.15) is 0 Å². The Bertz CT molecular complexity index is 520. The molecule has 0 spiro atoms. The predicted molar refractivity (Wildman–Crippen MR) is 75.0 cm³/mol. The first-order valence-corrected chi connectivity index (χ1v) is 6.94. The average Bonchev–Trinajstić information content (AvgIpc) is 2.38. The normalized spacial score (nSPS) is 29.6. The first-order valence-electron chi connectivity index (χ1n) is 6.56. The lowest BCUT2D eigenvalue weighted by Gasteiger charge is -2.47. The summed E-state index contributed by atoms with van der Waals surface area (Å²) in [5, 5.41) is 13.6. The smallest absolute Gasteiger partial charge is 0.311 e. The molecule has 2 aliphatic rings. The number of nitrogens with zero attached hydrogens (tertiary/aromatic N) is 1. The van der Waals surface area contributed by atoms with Gasteiger partial charge >= 0.3 is 5.97 Å². The first kappa shape index (κ1) is 12.8. The van der Waals surface area contributed by atoms with Crippen molar-refractivity contribution in [2.24, 2.45) is 5.92 Å². The highest BCUT2D eigenvalue weighted by Gasteiger charge is 2.44. The number of rotatable bonds is 1. The van der Waals surface area contributed by atoms with Crippen molar-refractivity contribution in [1.82, 2.24) is 5.32 Å². The molecule has 2 N–H and O–H groups in total. The standard InChI is InChI=1S/C14H17ClN2O2/c1-17-11-5-6-16-7-9(11)12(14(18)19)8-3-2-4-10(15)13(8)17/h2-4,9,11-12,16H,5-7H2,1H3,(H,18,19). The van der Waals surface area contributed by atoms with Gasteiger partial charge in [-0.3, -0.25) is 4.79 Å². The zero-order valence-electron chi connectivity index (χ0n) is 10.8. The third-order valence-electron chi connectivity index (χ3n) is 4.39. The molecule has 0 amide bonds. The van der Waals surface area contributed by atoms with E-state index in [0.717, 1.165) is 30.8 Å². The van der Waals surface area contributed by atoms with Crippen LogP contribution in [0.2, 0.25) is 5.02 Å². The summed E-state index contributed by atoms with van der Waals surface area (Å²) in [6.07, 6.45) is 0.954. The molecule has 3 rings (SSSR count). The van der Waals surface area contributed by atoms with E-state index in [1.165, 1.54) is 0 Å². The van der Waals surface area contributed by atoms with Crippen LogP contribution in [-0.4, -0.2) is 37.3 Å². The fraction of sp³-hybridized carbons (Fsp3) is 0.500. The Morgan fingerprint density at radius 3 is 3.05 bits per heavy atom. The van der Waals surface area contributed by atoms with E-state index in [4.69, 9.17) is 11.6 Å². The van der Waals surface area contributed by atoms with Gasteiger partial charge in [0, 0.05) is 25.6 Å². The van der Waals surface area contributed by atoms with Gasteiger partial charge in [-0.25, -0.2) is 0 Å². The quantitative estimate of drug-likeness (QED) is 0.825. The molecular weight excluding hydrogens is 264 g/mol. The molecule has 0 aliphatic carbocycles. The number of carbonyl (C=O) groups is 1. The van der Waals surface area contributed by atoms with E-state index < -0.39 is 11.9 Å². The molecule has 0 aromatic heterocycles. The van der Waals surface area contributed by atoms with Crippen molar-refractivity contribution in [3.05, 3.63) is 28.8 Å². The lowest BCUT2D eigenvalue weighted by molar-refractivity contribution is -0.140. The number of benzene rings is 1. The van der Waals surface area contributed by atoms with E-state index in [1.54, 1.807) is 0 Å². The lowest BCUT2D eigenvalue weighted by atomic mass is 9.74. The highest BCUT2D eigenvalue weighted by molar-refractivity contribution is 6.33. The van der Waals surface area contributed by atoms with Crippen molar-refractivity contribution in [2.75, 3.05) is 25.0 Å². The maximum Gasteiger partial charge on any atom is 0.311 e. The number of piperidine rings is 1. The second-order valence-electron chi connectivity index (χ2n) is 5.33. The minimum atomic E-state index is -0.754. The highest BCUT2D eigenvalue weighted by atomic mass is 35.5. The number of hydrogen-bond acceptors (Lipinski definition) is 3. The number of anilines is 1. The summed E-state index contributed by atoms with van der Waals surface area (Å²) in [6, 6.07) is 5.80. The summed E-state index contributed by atoms with van der Waals surface area (Å²) >= 11 is 6.29. The molecule has 3 unspecified atom stereocenters. The number of halogens is 1. The van der Waals surface area contributed by atoms with E-state index in [-0.39, 0.29) is 12.0 Å². The summed E-state index contributed by atoms with van der Waals surface area (Å²) in [6.45, 7) is 1.68. The van der Waals surface area contributed by atoms with Crippen LogP contribution in [0.3, 0.4) is 0 Å². The Balaban J connectivity index is 2.16. The SMILES string of the molecule is CN1c2c(Cl)cccc2C(C(=O)O)C2CNCCC21. The van der Waals surface area contributed by atoms with Crippen LogP contribution in [0.15, 0.2) is 18.2 Å². The summed E-state index contributed by atoms with van der Waals surface area (Å²) in [5.41, 5.74) is 1.73. The third-order valence-corrected chi connectivity index (χ3v) is 4.69. The van der Waals surface area contributed by atoms with Gasteiger partial charge in [0.05, 0.1) is 16.6 Å². The number of carboxylic acid groups (broad SMARTS) is 1. The largest absolute Gasteiger partial charge is 0.481 e. The molecule has 1 aromatic carbocycles. The Morgan fingerprint density at radius 2 is 2.32 bits per heavy atom. The van der Waals surface area contributed by atoms with Crippen molar-refractivity contribution in [3.63, 3.8) is 0 Å². The van der Waals surface area contributed by atoms with Crippen molar-refractivity contribution < 1.29 is 9.90 Å². The summed E-state index contributed by atoms with van der Waals surface area (Å²) < 4.78 is 0. The number of hydrogen-bond donors (Lipinski definition) is 2. The van der Waals surface area contributed by atoms with Crippen LogP contribution in [-0.2, 0) is 4.79 Å². The summed E-state index contributed by atoms with van der Waals surface area (Å²) in [4.78, 5) is 13.9. The van der Waals surface area contributed by atoms with Crippen LogP contribution in [0.25, 0.3) is 0 Å². The zero-order chi connectivity index (χ0) is 13.6. The minimum absolute atomic E-state index is 0.0993. The van der Waals surface area contributed by atoms with Crippen molar-refractivity contribution in [3.8, 4) is 0 Å². The number of carboxylic acids is 1. The van der Waals surface area contributed by atoms with Crippen molar-refractivity contribution in [1.29, 1.82) is 0 Å². The second-order valence-corrected chi connectivity index (χ2v) is 5.74. The van der Waals surface area contributed by atoms with E-state index >= 15 is 0 Å². The van der Waals surface area contributed by atoms with Gasteiger partial charge in [-0.05, 0) is 24.6 Å². The maximum absolute atomic E-state index is 11.7. The molecule has 1 aromatic rings. The number of fused-ring (bicyclic) bond motifs is 2. The second kappa shape index (κ2) is 4.69. The molecule has 19 heavy (non-hydrogen) atoms. The van der Waals surface area contributed by atoms with Gasteiger partial charge in [0.2, 0.25) is 0 Å². The van der Waals surface area contributed by atoms with E-state index in [9.17, 15) is 9.90 Å². The molecular formula is C14H17ClN2O2. The maximum atomic E-state index is 11.7. The van der Waals surface area contributed by atoms with E-state index in [0.29, 0.717) is 5.02 Å². The first-order chi connectivity index (χ1) is 9.11. The topological polar surface area (TPSA) is 52.6 Å². The van der Waals surface area contributed by atoms with Crippen LogP contribution in [0.4, 0.5) is 5.69 Å². The number of para-hydroxylation sites is 1. The highest BCUT2D eigenvalue weighted by Crippen LogP contribution is 2.46. The summed E-state index contributed by atoms with van der Waals surface area (Å²) in [7, 11) is 2.02. The average molecular weight is 281 g/mol. The molecule has 2 heterocycles. The van der Waals surface area contributed by atoms with Crippen molar-refractivity contribution in [2.45, 2.75) is 18.4 Å². The predicted octanol–water partition coefficient (Wildman–Crippen LogP) is 1.94. The van der Waals surface area contributed by atoms with E-state index in [1.807, 2.05) is 25.2 Å². The van der Waals surface area contributed by atoms with Crippen LogP contribution in [0.5, 0.6) is 0 Å². The Morgan fingerprint density at radius 1 is 1.53 bits per heavy atom. The van der Waals surface area contributed by atoms with Gasteiger partial charge in [0.25, 0.3) is 0 Å². The number of aliphatic carboxylic acids is 1. The molecule has 3 atom stereocenters. The molecule has 1 saturated heterocycles. The molecule has 0 saturated carbocycles. The van der Waals surface area contributed by atoms with Crippen molar-refractivity contribution >= 4 is 23.3 Å². The monoisotopic (exact) mass is 280 g/mol. The Hall–Kier alpha value is -1.26. The molecule has 102 valence electrons. The lowest BCUT2D eigenvalue weighted by Crippen LogP contribution is -2.54. The van der Waals surface area contributed by atoms with Gasteiger partial charge in [0.15, 0.2) is 0 Å². The van der Waals surface area contributed by atoms with E-state index in [2.05, 4.69) is 10.2 Å². The molecule has 0 bridgehead atoms. The fourth-order valence-electron chi connectivity index (χ4n) is 3.56. The third kappa shape index (κ3) is 1.90.